The zero-order chi connectivity index (χ0) is 19.6. The fraction of sp³-hybridized carbons (Fsp3) is 0.0500. The van der Waals surface area contributed by atoms with E-state index in [0.29, 0.717) is 11.6 Å². The Hall–Kier alpha value is -3.68. The fourth-order valence-corrected chi connectivity index (χ4v) is 2.60. The van der Waals surface area contributed by atoms with Gasteiger partial charge in [-0.15, -0.1) is 0 Å². The second-order valence-corrected chi connectivity index (χ2v) is 5.89. The first-order chi connectivity index (χ1) is 13.5. The van der Waals surface area contributed by atoms with Crippen LogP contribution in [0.25, 0.3) is 10.9 Å². The van der Waals surface area contributed by atoms with Crippen molar-refractivity contribution in [2.24, 2.45) is 0 Å². The standard InChI is InChI=1S/C20H13F3N4O/c21-20(22,23)14-4-1-5-15(11-14)26-18-8-10-25-19(27-18)28-16-7-6-13-3-2-9-24-17(13)12-16/h1-12H,(H,25,26,27). The van der Waals surface area contributed by atoms with Gasteiger partial charge >= 0.3 is 12.2 Å². The summed E-state index contributed by atoms with van der Waals surface area (Å²) in [6.45, 7) is 0. The van der Waals surface area contributed by atoms with Crippen molar-refractivity contribution in [3.63, 3.8) is 0 Å². The van der Waals surface area contributed by atoms with Crippen LogP contribution in [0.15, 0.2) is 73.1 Å². The predicted octanol–water partition coefficient (Wildman–Crippen LogP) is 5.58. The van der Waals surface area contributed by atoms with Gasteiger partial charge in [0.2, 0.25) is 0 Å². The highest BCUT2D eigenvalue weighted by atomic mass is 19.4. The smallest absolute Gasteiger partial charge is 0.416 e. The molecule has 5 nitrogen and oxygen atoms in total. The third-order valence-corrected chi connectivity index (χ3v) is 3.88. The molecule has 0 amide bonds. The molecule has 2 heterocycles. The summed E-state index contributed by atoms with van der Waals surface area (Å²) in [4.78, 5) is 12.5. The van der Waals surface area contributed by atoms with Crippen LogP contribution in [0.1, 0.15) is 5.56 Å². The molecule has 28 heavy (non-hydrogen) atoms. The largest absolute Gasteiger partial charge is 0.424 e. The summed E-state index contributed by atoms with van der Waals surface area (Å²) in [5.41, 5.74) is 0.277. The van der Waals surface area contributed by atoms with Crippen LogP contribution in [-0.4, -0.2) is 15.0 Å². The minimum absolute atomic E-state index is 0.0623. The van der Waals surface area contributed by atoms with Gasteiger partial charge in [-0.05, 0) is 42.5 Å². The number of anilines is 2. The molecule has 0 saturated heterocycles. The summed E-state index contributed by atoms with van der Waals surface area (Å²) in [5.74, 6) is 0.811. The molecular formula is C20H13F3N4O. The summed E-state index contributed by atoms with van der Waals surface area (Å²) in [6.07, 6.45) is -1.28. The van der Waals surface area contributed by atoms with E-state index in [1.54, 1.807) is 18.3 Å². The monoisotopic (exact) mass is 382 g/mol. The molecule has 4 rings (SSSR count). The molecule has 0 aliphatic rings. The van der Waals surface area contributed by atoms with Gasteiger partial charge < -0.3 is 10.1 Å². The molecular weight excluding hydrogens is 369 g/mol. The molecule has 0 atom stereocenters. The van der Waals surface area contributed by atoms with Gasteiger partial charge in [0.25, 0.3) is 0 Å². The van der Waals surface area contributed by atoms with Gasteiger partial charge in [-0.2, -0.15) is 18.2 Å². The van der Waals surface area contributed by atoms with Crippen LogP contribution < -0.4 is 10.1 Å². The van der Waals surface area contributed by atoms with E-state index in [1.807, 2.05) is 18.2 Å². The van der Waals surface area contributed by atoms with Crippen LogP contribution in [0.2, 0.25) is 0 Å². The SMILES string of the molecule is FC(F)(F)c1cccc(Nc2ccnc(Oc3ccc4cccnc4c3)n2)c1. The Kier molecular flexibility index (Phi) is 4.52. The summed E-state index contributed by atoms with van der Waals surface area (Å²) >= 11 is 0. The lowest BCUT2D eigenvalue weighted by atomic mass is 10.2. The lowest BCUT2D eigenvalue weighted by Gasteiger charge is -2.11. The lowest BCUT2D eigenvalue weighted by Crippen LogP contribution is -2.05. The van der Waals surface area contributed by atoms with Crippen molar-refractivity contribution in [2.45, 2.75) is 6.18 Å². The Morgan fingerprint density at radius 3 is 2.61 bits per heavy atom. The number of benzene rings is 2. The molecule has 0 fully saturated rings. The average molecular weight is 382 g/mol. The van der Waals surface area contributed by atoms with E-state index in [4.69, 9.17) is 4.74 Å². The van der Waals surface area contributed by atoms with Crippen LogP contribution in [-0.2, 0) is 6.18 Å². The Morgan fingerprint density at radius 1 is 0.857 bits per heavy atom. The molecule has 0 aliphatic carbocycles. The van der Waals surface area contributed by atoms with Gasteiger partial charge in [-0.25, -0.2) is 4.98 Å². The minimum atomic E-state index is -4.41. The molecule has 0 radical (unpaired) electrons. The molecule has 4 aromatic rings. The Balaban J connectivity index is 1.54. The molecule has 0 bridgehead atoms. The Labute approximate surface area is 157 Å². The number of alkyl halides is 3. The van der Waals surface area contributed by atoms with Crippen molar-refractivity contribution in [3.8, 4) is 11.8 Å². The zero-order valence-corrected chi connectivity index (χ0v) is 14.3. The van der Waals surface area contributed by atoms with Gasteiger partial charge in [0.1, 0.15) is 11.6 Å². The number of nitrogens with one attached hydrogen (secondary N) is 1. The Bertz CT molecular complexity index is 1130. The molecule has 0 unspecified atom stereocenters. The number of hydrogen-bond acceptors (Lipinski definition) is 5. The molecule has 0 spiro atoms. The number of ether oxygens (including phenoxy) is 1. The van der Waals surface area contributed by atoms with E-state index >= 15 is 0 Å². The van der Waals surface area contributed by atoms with E-state index in [9.17, 15) is 13.2 Å². The maximum Gasteiger partial charge on any atom is 0.416 e. The van der Waals surface area contributed by atoms with Crippen molar-refractivity contribution in [1.82, 2.24) is 15.0 Å². The first-order valence-corrected chi connectivity index (χ1v) is 8.27. The third-order valence-electron chi connectivity index (χ3n) is 3.88. The average Bonchev–Trinajstić information content (AvgIpc) is 2.68. The fourth-order valence-electron chi connectivity index (χ4n) is 2.60. The van der Waals surface area contributed by atoms with Gasteiger partial charge in [-0.3, -0.25) is 4.98 Å². The predicted molar refractivity (Wildman–Crippen MR) is 98.6 cm³/mol. The van der Waals surface area contributed by atoms with E-state index in [2.05, 4.69) is 20.3 Å². The third kappa shape index (κ3) is 4.01. The van der Waals surface area contributed by atoms with E-state index < -0.39 is 11.7 Å². The van der Waals surface area contributed by atoms with Crippen LogP contribution >= 0.6 is 0 Å². The van der Waals surface area contributed by atoms with Crippen LogP contribution in [0.3, 0.4) is 0 Å². The molecule has 0 saturated carbocycles. The van der Waals surface area contributed by atoms with Crippen molar-refractivity contribution in [1.29, 1.82) is 0 Å². The maximum atomic E-state index is 12.8. The number of halogens is 3. The quantitative estimate of drug-likeness (QED) is 0.499. The lowest BCUT2D eigenvalue weighted by molar-refractivity contribution is -0.137. The van der Waals surface area contributed by atoms with Crippen molar-refractivity contribution in [3.05, 3.63) is 78.6 Å². The highest BCUT2D eigenvalue weighted by Gasteiger charge is 2.30. The van der Waals surface area contributed by atoms with Crippen LogP contribution in [0.5, 0.6) is 11.8 Å². The topological polar surface area (TPSA) is 59.9 Å². The number of hydrogen-bond donors (Lipinski definition) is 1. The molecule has 0 aliphatic heterocycles. The first-order valence-electron chi connectivity index (χ1n) is 8.27. The molecule has 2 aromatic carbocycles. The highest BCUT2D eigenvalue weighted by molar-refractivity contribution is 5.79. The summed E-state index contributed by atoms with van der Waals surface area (Å²) in [6, 6.07) is 15.6. The molecule has 8 heteroatoms. The second-order valence-electron chi connectivity index (χ2n) is 5.89. The van der Waals surface area contributed by atoms with E-state index in [1.165, 1.54) is 24.4 Å². The summed E-state index contributed by atoms with van der Waals surface area (Å²) < 4.78 is 44.2. The van der Waals surface area contributed by atoms with Crippen molar-refractivity contribution < 1.29 is 17.9 Å². The maximum absolute atomic E-state index is 12.8. The Morgan fingerprint density at radius 2 is 1.75 bits per heavy atom. The number of pyridine rings is 1. The summed E-state index contributed by atoms with van der Waals surface area (Å²) in [7, 11) is 0. The van der Waals surface area contributed by atoms with Crippen molar-refractivity contribution in [2.75, 3.05) is 5.32 Å². The van der Waals surface area contributed by atoms with Gasteiger partial charge in [0.15, 0.2) is 0 Å². The zero-order valence-electron chi connectivity index (χ0n) is 14.3. The number of rotatable bonds is 4. The minimum Gasteiger partial charge on any atom is -0.424 e. The summed E-state index contributed by atoms with van der Waals surface area (Å²) in [5, 5.41) is 3.80. The highest BCUT2D eigenvalue weighted by Crippen LogP contribution is 2.31. The first kappa shape index (κ1) is 17.7. The van der Waals surface area contributed by atoms with E-state index in [-0.39, 0.29) is 11.7 Å². The second kappa shape index (κ2) is 7.15. The van der Waals surface area contributed by atoms with Crippen LogP contribution in [0.4, 0.5) is 24.7 Å². The van der Waals surface area contributed by atoms with Crippen molar-refractivity contribution >= 4 is 22.4 Å². The van der Waals surface area contributed by atoms with E-state index in [0.717, 1.165) is 23.0 Å². The number of aromatic nitrogens is 3. The van der Waals surface area contributed by atoms with Gasteiger partial charge in [-0.1, -0.05) is 12.1 Å². The molecule has 140 valence electrons. The molecule has 1 N–H and O–H groups in total. The number of nitrogens with zero attached hydrogens (tertiary/aromatic N) is 3. The van der Waals surface area contributed by atoms with Gasteiger partial charge in [0, 0.05) is 29.5 Å². The van der Waals surface area contributed by atoms with Gasteiger partial charge in [0.05, 0.1) is 11.1 Å². The molecule has 2 aromatic heterocycles. The normalized spacial score (nSPS) is 11.4. The number of fused-ring (bicyclic) bond motifs is 1. The van der Waals surface area contributed by atoms with Crippen LogP contribution in [0, 0.1) is 0 Å².